The zero-order chi connectivity index (χ0) is 7.33. The molecule has 0 amide bonds. The molecule has 0 bridgehead atoms. The van der Waals surface area contributed by atoms with Crippen LogP contribution < -0.4 is 0 Å². The molecule has 0 fully saturated rings. The maximum atomic E-state index is 2.33. The largest absolute Gasteiger partial charge is 0.0954 e. The highest BCUT2D eigenvalue weighted by Crippen LogP contribution is 2.10. The number of rotatable bonds is 0. The molecule has 0 atom stereocenters. The minimum atomic E-state index is -0.901. The third kappa shape index (κ3) is 3.30. The minimum Gasteiger partial charge on any atom is -0.0908 e. The van der Waals surface area contributed by atoms with Crippen LogP contribution in [0.5, 0.6) is 0 Å². The molecule has 0 saturated carbocycles. The van der Waals surface area contributed by atoms with Gasteiger partial charge in [-0.15, -0.1) is 0 Å². The smallest absolute Gasteiger partial charge is 0.0908 e. The van der Waals surface area contributed by atoms with Gasteiger partial charge in [-0.25, -0.2) is 0 Å². The van der Waals surface area contributed by atoms with Crippen LogP contribution in [0.3, 0.4) is 0 Å². The average molecular weight is 140 g/mol. The topological polar surface area (TPSA) is 0 Å². The molecule has 0 aromatic heterocycles. The van der Waals surface area contributed by atoms with Crippen molar-refractivity contribution in [1.82, 2.24) is 0 Å². The second kappa shape index (κ2) is 3.67. The normalized spacial score (nSPS) is 19.1. The van der Waals surface area contributed by atoms with Gasteiger partial charge >= 0.3 is 0 Å². The Morgan fingerprint density at radius 2 is 1.22 bits per heavy atom. The molecule has 0 aliphatic carbocycles. The molecule has 1 aliphatic heterocycles. The van der Waals surface area contributed by atoms with Gasteiger partial charge in [-0.1, -0.05) is 50.5 Å². The fourth-order valence-electron chi connectivity index (χ4n) is 0.663. The van der Waals surface area contributed by atoms with Crippen LogP contribution in [-0.2, 0) is 0 Å². The van der Waals surface area contributed by atoms with Crippen molar-refractivity contribution in [3.63, 3.8) is 0 Å². The van der Waals surface area contributed by atoms with Crippen molar-refractivity contribution < 1.29 is 0 Å². The highest BCUT2D eigenvalue weighted by atomic mass is 28.3. The van der Waals surface area contributed by atoms with Crippen molar-refractivity contribution in [2.24, 2.45) is 0 Å². The van der Waals surface area contributed by atoms with E-state index < -0.39 is 8.07 Å². The van der Waals surface area contributed by atoms with Crippen LogP contribution in [-0.4, -0.2) is 8.07 Å². The molecule has 0 nitrogen and oxygen atoms in total. The molecule has 0 spiro atoms. The molecular formula is C8H16Si. The Labute approximate surface area is 59.3 Å². The van der Waals surface area contributed by atoms with E-state index in [2.05, 4.69) is 36.6 Å². The van der Waals surface area contributed by atoms with Gasteiger partial charge in [0.2, 0.25) is 0 Å². The van der Waals surface area contributed by atoms with Crippen molar-refractivity contribution in [2.75, 3.05) is 0 Å². The van der Waals surface area contributed by atoms with E-state index in [-0.39, 0.29) is 0 Å². The Balaban J connectivity index is 0.000000291. The molecule has 1 rings (SSSR count). The van der Waals surface area contributed by atoms with E-state index in [9.17, 15) is 0 Å². The Kier molecular flexibility index (Phi) is 3.55. The third-order valence-electron chi connectivity index (χ3n) is 1.16. The van der Waals surface area contributed by atoms with Gasteiger partial charge < -0.3 is 0 Å². The lowest BCUT2D eigenvalue weighted by molar-refractivity contribution is 1.50. The average Bonchev–Trinajstić information content (AvgIpc) is 2.19. The molecule has 0 aromatic rings. The van der Waals surface area contributed by atoms with Crippen LogP contribution in [0.2, 0.25) is 13.1 Å². The zero-order valence-electron chi connectivity index (χ0n) is 6.81. The molecule has 1 aliphatic rings. The van der Waals surface area contributed by atoms with Crippen LogP contribution in [0.4, 0.5) is 0 Å². The second-order valence-corrected chi connectivity index (χ2v) is 6.85. The van der Waals surface area contributed by atoms with Gasteiger partial charge in [0.1, 0.15) is 0 Å². The predicted molar refractivity (Wildman–Crippen MR) is 47.1 cm³/mol. The Bertz CT molecular complexity index is 107. The van der Waals surface area contributed by atoms with Gasteiger partial charge in [0, 0.05) is 0 Å². The SMILES string of the molecule is CC.C[Si]1(C)C=CC=C1. The maximum Gasteiger partial charge on any atom is 0.0954 e. The van der Waals surface area contributed by atoms with E-state index in [0.29, 0.717) is 0 Å². The highest BCUT2D eigenvalue weighted by molar-refractivity contribution is 6.87. The van der Waals surface area contributed by atoms with E-state index in [4.69, 9.17) is 0 Å². The first kappa shape index (κ1) is 8.70. The Morgan fingerprint density at radius 3 is 1.33 bits per heavy atom. The summed E-state index contributed by atoms with van der Waals surface area (Å²) in [5.41, 5.74) is 4.65. The van der Waals surface area contributed by atoms with E-state index in [1.807, 2.05) is 13.8 Å². The molecule has 0 aromatic carbocycles. The fraction of sp³-hybridized carbons (Fsp3) is 0.500. The summed E-state index contributed by atoms with van der Waals surface area (Å²) in [5.74, 6) is 0. The molecule has 0 saturated heterocycles. The number of hydrogen-bond acceptors (Lipinski definition) is 0. The van der Waals surface area contributed by atoms with E-state index in [0.717, 1.165) is 0 Å². The van der Waals surface area contributed by atoms with Gasteiger partial charge in [-0.2, -0.15) is 0 Å². The first-order valence-electron chi connectivity index (χ1n) is 3.58. The summed E-state index contributed by atoms with van der Waals surface area (Å²) >= 11 is 0. The van der Waals surface area contributed by atoms with Gasteiger partial charge in [0.15, 0.2) is 0 Å². The van der Waals surface area contributed by atoms with Gasteiger partial charge in [-0.05, 0) is 0 Å². The van der Waals surface area contributed by atoms with Crippen LogP contribution in [0.1, 0.15) is 13.8 Å². The van der Waals surface area contributed by atoms with E-state index in [1.54, 1.807) is 0 Å². The predicted octanol–water partition coefficient (Wildman–Crippen LogP) is 2.93. The van der Waals surface area contributed by atoms with Gasteiger partial charge in [-0.3, -0.25) is 0 Å². The highest BCUT2D eigenvalue weighted by Gasteiger charge is 2.13. The first-order chi connectivity index (χ1) is 4.21. The van der Waals surface area contributed by atoms with E-state index >= 15 is 0 Å². The maximum absolute atomic E-state index is 2.33. The summed E-state index contributed by atoms with van der Waals surface area (Å²) < 4.78 is 0. The van der Waals surface area contributed by atoms with Crippen molar-refractivity contribution in [1.29, 1.82) is 0 Å². The first-order valence-corrected chi connectivity index (χ1v) is 6.73. The quantitative estimate of drug-likeness (QED) is 0.454. The standard InChI is InChI=1S/C6H10Si.C2H6/c1-7(2)5-3-4-6-7;1-2/h3-6H,1-2H3;1-2H3. The molecule has 0 unspecified atom stereocenters. The summed E-state index contributed by atoms with van der Waals surface area (Å²) in [5, 5.41) is 0. The number of allylic oxidation sites excluding steroid dienone is 2. The Morgan fingerprint density at radius 1 is 0.889 bits per heavy atom. The van der Waals surface area contributed by atoms with Crippen LogP contribution in [0.15, 0.2) is 23.6 Å². The van der Waals surface area contributed by atoms with Gasteiger partial charge in [0.25, 0.3) is 0 Å². The fourth-order valence-corrected chi connectivity index (χ4v) is 1.99. The van der Waals surface area contributed by atoms with Crippen molar-refractivity contribution in [3.8, 4) is 0 Å². The minimum absolute atomic E-state index is 0.901. The second-order valence-electron chi connectivity index (χ2n) is 2.54. The summed E-state index contributed by atoms with van der Waals surface area (Å²) in [6.45, 7) is 8.65. The van der Waals surface area contributed by atoms with Crippen molar-refractivity contribution in [2.45, 2.75) is 26.9 Å². The third-order valence-corrected chi connectivity index (χ3v) is 3.27. The number of hydrogen-bond donors (Lipinski definition) is 0. The molecule has 1 heterocycles. The lowest BCUT2D eigenvalue weighted by Crippen LogP contribution is -2.15. The molecular weight excluding hydrogens is 124 g/mol. The summed E-state index contributed by atoms with van der Waals surface area (Å²) in [4.78, 5) is 0. The molecule has 9 heavy (non-hydrogen) atoms. The van der Waals surface area contributed by atoms with Gasteiger partial charge in [0.05, 0.1) is 8.07 Å². The molecule has 0 N–H and O–H groups in total. The van der Waals surface area contributed by atoms with Crippen molar-refractivity contribution in [3.05, 3.63) is 23.6 Å². The zero-order valence-corrected chi connectivity index (χ0v) is 7.81. The molecule has 52 valence electrons. The summed E-state index contributed by atoms with van der Waals surface area (Å²) in [7, 11) is -0.901. The lowest BCUT2D eigenvalue weighted by Gasteiger charge is -2.04. The summed E-state index contributed by atoms with van der Waals surface area (Å²) in [6, 6.07) is 0. The van der Waals surface area contributed by atoms with Crippen LogP contribution in [0.25, 0.3) is 0 Å². The van der Waals surface area contributed by atoms with Crippen molar-refractivity contribution >= 4 is 8.07 Å². The molecule has 1 heteroatoms. The summed E-state index contributed by atoms with van der Waals surface area (Å²) in [6.07, 6.45) is 4.29. The van der Waals surface area contributed by atoms with Crippen LogP contribution >= 0.6 is 0 Å². The van der Waals surface area contributed by atoms with Crippen LogP contribution in [0, 0.1) is 0 Å². The molecule has 0 radical (unpaired) electrons. The lowest BCUT2D eigenvalue weighted by atomic mass is 10.6. The van der Waals surface area contributed by atoms with E-state index in [1.165, 1.54) is 0 Å². The monoisotopic (exact) mass is 140 g/mol. The Hall–Kier alpha value is -0.303.